The van der Waals surface area contributed by atoms with E-state index in [2.05, 4.69) is 11.4 Å². The van der Waals surface area contributed by atoms with Crippen molar-refractivity contribution in [2.45, 2.75) is 12.8 Å². The second kappa shape index (κ2) is 4.98. The molecule has 3 rings (SSSR count). The second-order valence-electron chi connectivity index (χ2n) is 4.63. The van der Waals surface area contributed by atoms with Crippen LogP contribution in [0.2, 0.25) is 0 Å². The molecule has 98 valence electrons. The number of nitrogens with one attached hydrogen (secondary N) is 1. The quantitative estimate of drug-likeness (QED) is 0.888. The van der Waals surface area contributed by atoms with Gasteiger partial charge in [-0.15, -0.1) is 11.3 Å². The summed E-state index contributed by atoms with van der Waals surface area (Å²) in [6.45, 7) is 1.27. The highest BCUT2D eigenvalue weighted by Gasteiger charge is 2.30. The van der Waals surface area contributed by atoms with Crippen molar-refractivity contribution in [3.8, 4) is 6.07 Å². The van der Waals surface area contributed by atoms with Crippen LogP contribution < -0.4 is 5.32 Å². The molecule has 0 aromatic carbocycles. The van der Waals surface area contributed by atoms with Gasteiger partial charge in [-0.05, 0) is 31.1 Å². The number of nitriles is 1. The van der Waals surface area contributed by atoms with Crippen LogP contribution in [0.25, 0.3) is 0 Å². The van der Waals surface area contributed by atoms with Crippen molar-refractivity contribution >= 4 is 16.3 Å². The first-order chi connectivity index (χ1) is 9.28. The maximum atomic E-state index is 9.98. The van der Waals surface area contributed by atoms with Crippen LogP contribution in [0.5, 0.6) is 0 Å². The Bertz CT molecular complexity index is 595. The van der Waals surface area contributed by atoms with Gasteiger partial charge >= 0.3 is 0 Å². The van der Waals surface area contributed by atoms with Crippen LogP contribution in [-0.4, -0.2) is 18.3 Å². The van der Waals surface area contributed by atoms with Crippen molar-refractivity contribution in [2.75, 3.05) is 18.5 Å². The van der Waals surface area contributed by atoms with Crippen molar-refractivity contribution in [3.63, 3.8) is 0 Å². The van der Waals surface area contributed by atoms with E-state index < -0.39 is 0 Å². The van der Waals surface area contributed by atoms with Gasteiger partial charge in [0.15, 0.2) is 0 Å². The minimum atomic E-state index is 0.317. The molecule has 0 saturated carbocycles. The first-order valence-electron chi connectivity index (χ1n) is 6.27. The van der Waals surface area contributed by atoms with Crippen LogP contribution in [0.4, 0.5) is 5.00 Å². The molecule has 2 N–H and O–H groups in total. The van der Waals surface area contributed by atoms with Crippen LogP contribution in [-0.2, 0) is 4.74 Å². The Balaban J connectivity index is 1.75. The van der Waals surface area contributed by atoms with Crippen LogP contribution >= 0.6 is 11.3 Å². The Morgan fingerprint density at radius 2 is 2.42 bits per heavy atom. The van der Waals surface area contributed by atoms with Gasteiger partial charge in [-0.3, -0.25) is 0 Å². The Morgan fingerprint density at radius 1 is 1.53 bits per heavy atom. The predicted octanol–water partition coefficient (Wildman–Crippen LogP) is 3.17. The molecule has 1 aromatic rings. The number of rotatable bonds is 3. The normalized spacial score (nSPS) is 21.4. The van der Waals surface area contributed by atoms with E-state index in [1.807, 2.05) is 12.1 Å². The molecule has 1 atom stereocenters. The molecule has 1 saturated heterocycles. The van der Waals surface area contributed by atoms with Crippen LogP contribution in [0, 0.1) is 17.2 Å². The van der Waals surface area contributed by atoms with Gasteiger partial charge in [-0.1, -0.05) is 0 Å². The summed E-state index contributed by atoms with van der Waals surface area (Å²) in [7, 11) is 0. The molecule has 2 heterocycles. The largest absolute Gasteiger partial charge is 0.508 e. The standard InChI is InChI=1S/C14H14N2O2S/c15-7-10-2-4-13(19-10)16-8-11-12(17)3-1-9-5-6-18-14(9)11/h2-4,9,16-17H,1,5-6,8H2. The molecule has 0 bridgehead atoms. The molecule has 0 radical (unpaired) electrons. The average molecular weight is 274 g/mol. The molecular weight excluding hydrogens is 260 g/mol. The highest BCUT2D eigenvalue weighted by Crippen LogP contribution is 2.36. The van der Waals surface area contributed by atoms with Crippen molar-refractivity contribution in [2.24, 2.45) is 5.92 Å². The molecule has 1 aromatic heterocycles. The van der Waals surface area contributed by atoms with E-state index in [4.69, 9.17) is 10.00 Å². The Labute approximate surface area is 115 Å². The molecule has 0 amide bonds. The number of anilines is 1. The summed E-state index contributed by atoms with van der Waals surface area (Å²) in [5, 5.41) is 22.9. The lowest BCUT2D eigenvalue weighted by Crippen LogP contribution is -2.15. The monoisotopic (exact) mass is 274 g/mol. The van der Waals surface area contributed by atoms with Crippen molar-refractivity contribution in [3.05, 3.63) is 40.2 Å². The SMILES string of the molecule is N#Cc1ccc(NCC2=C3OCCC3CC=C2O)s1. The highest BCUT2D eigenvalue weighted by molar-refractivity contribution is 7.16. The Kier molecular flexibility index (Phi) is 3.18. The maximum absolute atomic E-state index is 9.98. The summed E-state index contributed by atoms with van der Waals surface area (Å²) >= 11 is 1.41. The number of hydrogen-bond donors (Lipinski definition) is 2. The summed E-state index contributed by atoms with van der Waals surface area (Å²) in [5.41, 5.74) is 0.848. The van der Waals surface area contributed by atoms with E-state index in [0.717, 1.165) is 35.8 Å². The van der Waals surface area contributed by atoms with Gasteiger partial charge in [0.25, 0.3) is 0 Å². The van der Waals surface area contributed by atoms with E-state index in [1.54, 1.807) is 6.07 Å². The molecule has 1 aliphatic heterocycles. The van der Waals surface area contributed by atoms with Crippen molar-refractivity contribution in [1.82, 2.24) is 0 Å². The molecule has 19 heavy (non-hydrogen) atoms. The van der Waals surface area contributed by atoms with Crippen molar-refractivity contribution in [1.29, 1.82) is 5.26 Å². The first-order valence-corrected chi connectivity index (χ1v) is 7.08. The minimum absolute atomic E-state index is 0.317. The fourth-order valence-electron chi connectivity index (χ4n) is 2.47. The topological polar surface area (TPSA) is 65.3 Å². The average Bonchev–Trinajstić information content (AvgIpc) is 3.05. The van der Waals surface area contributed by atoms with E-state index in [0.29, 0.717) is 23.1 Å². The molecular formula is C14H14N2O2S. The molecule has 1 fully saturated rings. The number of nitrogens with zero attached hydrogens (tertiary/aromatic N) is 1. The lowest BCUT2D eigenvalue weighted by Gasteiger charge is -2.19. The minimum Gasteiger partial charge on any atom is -0.508 e. The first kappa shape index (κ1) is 12.1. The van der Waals surface area contributed by atoms with Gasteiger partial charge in [-0.2, -0.15) is 5.26 Å². The number of ether oxygens (including phenoxy) is 1. The molecule has 2 aliphatic rings. The van der Waals surface area contributed by atoms with E-state index >= 15 is 0 Å². The summed E-state index contributed by atoms with van der Waals surface area (Å²) in [4.78, 5) is 0.679. The fourth-order valence-corrected chi connectivity index (χ4v) is 3.17. The number of thiophene rings is 1. The third-order valence-corrected chi connectivity index (χ3v) is 4.40. The number of hydrogen-bond acceptors (Lipinski definition) is 5. The maximum Gasteiger partial charge on any atom is 0.119 e. The van der Waals surface area contributed by atoms with Gasteiger partial charge < -0.3 is 15.2 Å². The van der Waals surface area contributed by atoms with Crippen LogP contribution in [0.1, 0.15) is 17.7 Å². The Hall–Kier alpha value is -1.93. The molecule has 5 heteroatoms. The van der Waals surface area contributed by atoms with Gasteiger partial charge in [0.1, 0.15) is 22.5 Å². The van der Waals surface area contributed by atoms with Crippen LogP contribution in [0.3, 0.4) is 0 Å². The number of aliphatic hydroxyl groups excluding tert-OH is 1. The van der Waals surface area contributed by atoms with Crippen molar-refractivity contribution < 1.29 is 9.84 Å². The fraction of sp³-hybridized carbons (Fsp3) is 0.357. The summed E-state index contributed by atoms with van der Waals surface area (Å²) in [6.07, 6.45) is 3.76. The van der Waals surface area contributed by atoms with E-state index in [9.17, 15) is 5.11 Å². The third kappa shape index (κ3) is 2.32. The van der Waals surface area contributed by atoms with E-state index in [1.165, 1.54) is 11.3 Å². The predicted molar refractivity (Wildman–Crippen MR) is 73.9 cm³/mol. The second-order valence-corrected chi connectivity index (χ2v) is 5.71. The molecule has 0 spiro atoms. The smallest absolute Gasteiger partial charge is 0.119 e. The van der Waals surface area contributed by atoms with E-state index in [-0.39, 0.29) is 0 Å². The van der Waals surface area contributed by atoms with Gasteiger partial charge in [0.2, 0.25) is 0 Å². The zero-order valence-corrected chi connectivity index (χ0v) is 11.2. The van der Waals surface area contributed by atoms with Gasteiger partial charge in [0, 0.05) is 12.5 Å². The molecule has 1 aliphatic carbocycles. The highest BCUT2D eigenvalue weighted by atomic mass is 32.1. The third-order valence-electron chi connectivity index (χ3n) is 3.45. The number of aliphatic hydroxyl groups is 1. The summed E-state index contributed by atoms with van der Waals surface area (Å²) in [5.74, 6) is 1.67. The lowest BCUT2D eigenvalue weighted by atomic mass is 9.92. The van der Waals surface area contributed by atoms with Gasteiger partial charge in [0.05, 0.1) is 17.2 Å². The summed E-state index contributed by atoms with van der Waals surface area (Å²) < 4.78 is 5.64. The number of allylic oxidation sites excluding steroid dienone is 2. The summed E-state index contributed by atoms with van der Waals surface area (Å²) in [6, 6.07) is 5.78. The number of fused-ring (bicyclic) bond motifs is 1. The Morgan fingerprint density at radius 3 is 3.21 bits per heavy atom. The van der Waals surface area contributed by atoms with Gasteiger partial charge in [-0.25, -0.2) is 0 Å². The zero-order chi connectivity index (χ0) is 13.2. The zero-order valence-electron chi connectivity index (χ0n) is 10.3. The van der Waals surface area contributed by atoms with Crippen LogP contribution in [0.15, 0.2) is 35.3 Å². The molecule has 4 nitrogen and oxygen atoms in total. The lowest BCUT2D eigenvalue weighted by molar-refractivity contribution is 0.249. The molecule has 1 unspecified atom stereocenters.